The summed E-state index contributed by atoms with van der Waals surface area (Å²) in [7, 11) is 0. The van der Waals surface area contributed by atoms with Gasteiger partial charge in [-0.15, -0.1) is 0 Å². The molecule has 0 fully saturated rings. The molecule has 4 N–H and O–H groups in total. The molecule has 0 aromatic carbocycles. The van der Waals surface area contributed by atoms with Gasteiger partial charge in [-0.05, 0) is 12.3 Å². The first-order valence-corrected chi connectivity index (χ1v) is 5.29. The maximum atomic E-state index is 11.3. The average molecular weight is 215 g/mol. The van der Waals surface area contributed by atoms with Crippen molar-refractivity contribution in [2.24, 2.45) is 11.7 Å². The van der Waals surface area contributed by atoms with E-state index >= 15 is 0 Å². The summed E-state index contributed by atoms with van der Waals surface area (Å²) in [5.41, 5.74) is 5.60. The predicted molar refractivity (Wildman–Crippen MR) is 59.1 cm³/mol. The van der Waals surface area contributed by atoms with Crippen LogP contribution in [0.15, 0.2) is 0 Å². The van der Waals surface area contributed by atoms with Crippen LogP contribution in [-0.4, -0.2) is 30.9 Å². The lowest BCUT2D eigenvalue weighted by Crippen LogP contribution is -2.47. The van der Waals surface area contributed by atoms with Crippen LogP contribution in [0.1, 0.15) is 27.2 Å². The molecule has 88 valence electrons. The molecule has 0 aromatic rings. The number of amides is 2. The summed E-state index contributed by atoms with van der Waals surface area (Å²) < 4.78 is 0. The maximum Gasteiger partial charge on any atom is 0.239 e. The Morgan fingerprint density at radius 1 is 1.27 bits per heavy atom. The zero-order valence-electron chi connectivity index (χ0n) is 9.67. The fourth-order valence-corrected chi connectivity index (χ4v) is 0.915. The zero-order valence-corrected chi connectivity index (χ0v) is 9.67. The predicted octanol–water partition coefficient (Wildman–Crippen LogP) is -0.388. The topological polar surface area (TPSA) is 84.2 Å². The summed E-state index contributed by atoms with van der Waals surface area (Å²) in [4.78, 5) is 22.5. The quantitative estimate of drug-likeness (QED) is 0.564. The van der Waals surface area contributed by atoms with Gasteiger partial charge in [-0.2, -0.15) is 0 Å². The summed E-state index contributed by atoms with van der Waals surface area (Å²) >= 11 is 0. The standard InChI is InChI=1S/C10H21N3O2/c1-4-5-12-8(14)6-13-10(15)9(11)7(2)3/h7,9H,4-6,11H2,1-3H3,(H,12,14)(H,13,15). The van der Waals surface area contributed by atoms with Crippen molar-refractivity contribution in [3.63, 3.8) is 0 Å². The van der Waals surface area contributed by atoms with Crippen molar-refractivity contribution in [3.05, 3.63) is 0 Å². The second-order valence-corrected chi connectivity index (χ2v) is 3.84. The van der Waals surface area contributed by atoms with Gasteiger partial charge < -0.3 is 16.4 Å². The Balaban J connectivity index is 3.75. The van der Waals surface area contributed by atoms with E-state index in [4.69, 9.17) is 5.73 Å². The fraction of sp³-hybridized carbons (Fsp3) is 0.800. The first-order valence-electron chi connectivity index (χ1n) is 5.29. The minimum absolute atomic E-state index is 0.000741. The molecule has 0 aliphatic heterocycles. The second kappa shape index (κ2) is 7.23. The van der Waals surface area contributed by atoms with Crippen molar-refractivity contribution < 1.29 is 9.59 Å². The Kier molecular flexibility index (Phi) is 6.70. The minimum Gasteiger partial charge on any atom is -0.355 e. The first-order chi connectivity index (χ1) is 6.99. The summed E-state index contributed by atoms with van der Waals surface area (Å²) in [5, 5.41) is 5.16. The highest BCUT2D eigenvalue weighted by Gasteiger charge is 2.17. The summed E-state index contributed by atoms with van der Waals surface area (Å²) in [6.45, 7) is 6.32. The molecule has 15 heavy (non-hydrogen) atoms. The van der Waals surface area contributed by atoms with Gasteiger partial charge in [0, 0.05) is 6.54 Å². The lowest BCUT2D eigenvalue weighted by atomic mass is 10.1. The molecule has 5 heteroatoms. The molecular weight excluding hydrogens is 194 g/mol. The molecule has 0 aliphatic rings. The van der Waals surface area contributed by atoms with Crippen LogP contribution >= 0.6 is 0 Å². The SMILES string of the molecule is CCCNC(=O)CNC(=O)C(N)C(C)C. The molecule has 0 spiro atoms. The Bertz CT molecular complexity index is 217. The average Bonchev–Trinajstić information content (AvgIpc) is 2.21. The molecule has 0 saturated heterocycles. The lowest BCUT2D eigenvalue weighted by molar-refractivity contribution is -0.127. The highest BCUT2D eigenvalue weighted by molar-refractivity contribution is 5.87. The maximum absolute atomic E-state index is 11.3. The van der Waals surface area contributed by atoms with Gasteiger partial charge in [-0.3, -0.25) is 9.59 Å². The Morgan fingerprint density at radius 2 is 1.87 bits per heavy atom. The first kappa shape index (κ1) is 13.9. The van der Waals surface area contributed by atoms with Gasteiger partial charge in [0.2, 0.25) is 11.8 Å². The molecule has 0 aliphatic carbocycles. The third-order valence-electron chi connectivity index (χ3n) is 2.02. The number of carbonyl (C=O) groups excluding carboxylic acids is 2. The molecule has 2 amide bonds. The summed E-state index contributed by atoms with van der Waals surface area (Å²) in [6, 6.07) is -0.552. The fourth-order valence-electron chi connectivity index (χ4n) is 0.915. The molecule has 0 radical (unpaired) electrons. The molecule has 0 aromatic heterocycles. The minimum atomic E-state index is -0.552. The van der Waals surface area contributed by atoms with Crippen LogP contribution < -0.4 is 16.4 Å². The number of carbonyl (C=O) groups is 2. The van der Waals surface area contributed by atoms with Crippen molar-refractivity contribution in [1.29, 1.82) is 0 Å². The number of hydrogen-bond donors (Lipinski definition) is 3. The molecular formula is C10H21N3O2. The smallest absolute Gasteiger partial charge is 0.239 e. The van der Waals surface area contributed by atoms with Gasteiger partial charge in [-0.1, -0.05) is 20.8 Å². The molecule has 0 saturated carbocycles. The van der Waals surface area contributed by atoms with Gasteiger partial charge in [0.1, 0.15) is 0 Å². The number of rotatable bonds is 6. The van der Waals surface area contributed by atoms with Gasteiger partial charge in [0.15, 0.2) is 0 Å². The molecule has 1 unspecified atom stereocenters. The summed E-state index contributed by atoms with van der Waals surface area (Å²) in [5.74, 6) is -0.387. The second-order valence-electron chi connectivity index (χ2n) is 3.84. The van der Waals surface area contributed by atoms with Crippen LogP contribution in [-0.2, 0) is 9.59 Å². The number of nitrogens with one attached hydrogen (secondary N) is 2. The van der Waals surface area contributed by atoms with E-state index in [0.29, 0.717) is 6.54 Å². The highest BCUT2D eigenvalue weighted by Crippen LogP contribution is 1.97. The van der Waals surface area contributed by atoms with Crippen LogP contribution in [0.2, 0.25) is 0 Å². The Morgan fingerprint density at radius 3 is 2.33 bits per heavy atom. The van der Waals surface area contributed by atoms with Crippen LogP contribution in [0, 0.1) is 5.92 Å². The molecule has 1 atom stereocenters. The third-order valence-corrected chi connectivity index (χ3v) is 2.02. The normalized spacial score (nSPS) is 12.3. The molecule has 0 bridgehead atoms. The van der Waals surface area contributed by atoms with Gasteiger partial charge >= 0.3 is 0 Å². The monoisotopic (exact) mass is 215 g/mol. The van der Waals surface area contributed by atoms with E-state index in [0.717, 1.165) is 6.42 Å². The van der Waals surface area contributed by atoms with Crippen molar-refractivity contribution >= 4 is 11.8 Å². The van der Waals surface area contributed by atoms with E-state index < -0.39 is 6.04 Å². The van der Waals surface area contributed by atoms with E-state index in [1.807, 2.05) is 20.8 Å². The Hall–Kier alpha value is -1.10. The lowest BCUT2D eigenvalue weighted by Gasteiger charge is -2.14. The van der Waals surface area contributed by atoms with Gasteiger partial charge in [-0.25, -0.2) is 0 Å². The molecule has 5 nitrogen and oxygen atoms in total. The van der Waals surface area contributed by atoms with E-state index in [-0.39, 0.29) is 24.3 Å². The summed E-state index contributed by atoms with van der Waals surface area (Å²) in [6.07, 6.45) is 0.880. The van der Waals surface area contributed by atoms with Crippen molar-refractivity contribution in [3.8, 4) is 0 Å². The molecule has 0 rings (SSSR count). The van der Waals surface area contributed by atoms with Crippen molar-refractivity contribution in [1.82, 2.24) is 10.6 Å². The largest absolute Gasteiger partial charge is 0.355 e. The van der Waals surface area contributed by atoms with Crippen LogP contribution in [0.25, 0.3) is 0 Å². The van der Waals surface area contributed by atoms with Crippen molar-refractivity contribution in [2.45, 2.75) is 33.2 Å². The van der Waals surface area contributed by atoms with Crippen LogP contribution in [0.4, 0.5) is 0 Å². The molecule has 0 heterocycles. The van der Waals surface area contributed by atoms with Crippen molar-refractivity contribution in [2.75, 3.05) is 13.1 Å². The zero-order chi connectivity index (χ0) is 11.8. The van der Waals surface area contributed by atoms with Gasteiger partial charge in [0.05, 0.1) is 12.6 Å². The number of nitrogens with two attached hydrogens (primary N) is 1. The number of hydrogen-bond acceptors (Lipinski definition) is 3. The van der Waals surface area contributed by atoms with E-state index in [1.165, 1.54) is 0 Å². The van der Waals surface area contributed by atoms with Gasteiger partial charge in [0.25, 0.3) is 0 Å². The van der Waals surface area contributed by atoms with E-state index in [2.05, 4.69) is 10.6 Å². The van der Waals surface area contributed by atoms with E-state index in [9.17, 15) is 9.59 Å². The van der Waals surface area contributed by atoms with Crippen LogP contribution in [0.5, 0.6) is 0 Å². The Labute approximate surface area is 90.8 Å². The van der Waals surface area contributed by atoms with E-state index in [1.54, 1.807) is 0 Å². The third kappa shape index (κ3) is 6.06. The highest BCUT2D eigenvalue weighted by atomic mass is 16.2. The van der Waals surface area contributed by atoms with Crippen LogP contribution in [0.3, 0.4) is 0 Å².